The molecule has 3 rings (SSSR count). The molecule has 0 aromatic heterocycles. The second-order valence-electron chi connectivity index (χ2n) is 5.98. The Morgan fingerprint density at radius 1 is 1.00 bits per heavy atom. The molecule has 4 heteroatoms. The van der Waals surface area contributed by atoms with Gasteiger partial charge in [0.15, 0.2) is 0 Å². The van der Waals surface area contributed by atoms with Crippen LogP contribution in [0.3, 0.4) is 0 Å². The van der Waals surface area contributed by atoms with E-state index in [9.17, 15) is 9.59 Å². The number of carbonyl (C=O) groups is 2. The van der Waals surface area contributed by atoms with E-state index in [2.05, 4.69) is 5.32 Å². The molecule has 1 aliphatic heterocycles. The van der Waals surface area contributed by atoms with E-state index in [1.807, 2.05) is 4.90 Å². The average molecular weight is 250 g/mol. The van der Waals surface area contributed by atoms with Crippen LogP contribution >= 0.6 is 0 Å². The Morgan fingerprint density at radius 2 is 1.67 bits per heavy atom. The van der Waals surface area contributed by atoms with Crippen molar-refractivity contribution in [2.45, 2.75) is 69.4 Å². The first-order valence-electron chi connectivity index (χ1n) is 7.34. The number of piperazine rings is 1. The molecule has 2 saturated carbocycles. The van der Waals surface area contributed by atoms with E-state index in [0.29, 0.717) is 6.04 Å². The minimum absolute atomic E-state index is 0.105. The Bertz CT molecular complexity index is 355. The zero-order chi connectivity index (χ0) is 12.6. The molecule has 4 nitrogen and oxygen atoms in total. The molecule has 3 aliphatic rings. The largest absolute Gasteiger partial charge is 0.345 e. The van der Waals surface area contributed by atoms with Crippen LogP contribution in [-0.2, 0) is 9.59 Å². The summed E-state index contributed by atoms with van der Waals surface area (Å²) >= 11 is 0. The topological polar surface area (TPSA) is 49.4 Å². The molecule has 1 saturated heterocycles. The maximum absolute atomic E-state index is 12.4. The Labute approximate surface area is 108 Å². The minimum atomic E-state index is -0.497. The molecule has 0 radical (unpaired) electrons. The van der Waals surface area contributed by atoms with Gasteiger partial charge >= 0.3 is 0 Å². The second kappa shape index (κ2) is 4.56. The van der Waals surface area contributed by atoms with Crippen molar-refractivity contribution in [1.29, 1.82) is 0 Å². The number of carbonyl (C=O) groups excluding carboxylic acids is 2. The van der Waals surface area contributed by atoms with Crippen LogP contribution in [0.2, 0.25) is 0 Å². The van der Waals surface area contributed by atoms with Gasteiger partial charge in [0.05, 0.1) is 6.54 Å². The van der Waals surface area contributed by atoms with Gasteiger partial charge in [0.1, 0.15) is 5.54 Å². The number of nitrogens with one attached hydrogen (secondary N) is 1. The lowest BCUT2D eigenvalue weighted by molar-refractivity contribution is -0.159. The fourth-order valence-corrected chi connectivity index (χ4v) is 4.07. The molecule has 100 valence electrons. The van der Waals surface area contributed by atoms with Gasteiger partial charge in [-0.15, -0.1) is 0 Å². The highest BCUT2D eigenvalue weighted by Gasteiger charge is 2.52. The van der Waals surface area contributed by atoms with Crippen LogP contribution in [0.4, 0.5) is 0 Å². The highest BCUT2D eigenvalue weighted by atomic mass is 16.2. The van der Waals surface area contributed by atoms with Gasteiger partial charge in [0.2, 0.25) is 11.8 Å². The molecule has 0 aromatic rings. The van der Waals surface area contributed by atoms with Crippen LogP contribution in [0.25, 0.3) is 0 Å². The number of hydrogen-bond acceptors (Lipinski definition) is 2. The zero-order valence-electron chi connectivity index (χ0n) is 10.9. The number of nitrogens with zero attached hydrogens (tertiary/aromatic N) is 1. The summed E-state index contributed by atoms with van der Waals surface area (Å²) in [5.74, 6) is 0.247. The normalized spacial score (nSPS) is 28.8. The summed E-state index contributed by atoms with van der Waals surface area (Å²) in [6.07, 6.45) is 9.64. The second-order valence-corrected chi connectivity index (χ2v) is 5.98. The molecular weight excluding hydrogens is 228 g/mol. The standard InChI is InChI=1S/C14H22N2O2/c17-12-10-15-13(18)14(8-4-1-5-9-14)16(12)11-6-2-3-7-11/h11H,1-10H2,(H,15,18). The summed E-state index contributed by atoms with van der Waals surface area (Å²) in [4.78, 5) is 26.7. The first kappa shape index (κ1) is 12.0. The minimum Gasteiger partial charge on any atom is -0.345 e. The third kappa shape index (κ3) is 1.73. The van der Waals surface area contributed by atoms with Crippen LogP contribution in [0.5, 0.6) is 0 Å². The molecule has 0 unspecified atom stereocenters. The van der Waals surface area contributed by atoms with Crippen LogP contribution < -0.4 is 5.32 Å². The fraction of sp³-hybridized carbons (Fsp3) is 0.857. The molecule has 1 spiro atoms. The van der Waals surface area contributed by atoms with Crippen molar-refractivity contribution in [2.75, 3.05) is 6.54 Å². The number of hydrogen-bond donors (Lipinski definition) is 1. The monoisotopic (exact) mass is 250 g/mol. The maximum atomic E-state index is 12.4. The summed E-state index contributed by atoms with van der Waals surface area (Å²) in [6.45, 7) is 0.205. The molecule has 18 heavy (non-hydrogen) atoms. The van der Waals surface area contributed by atoms with Crippen molar-refractivity contribution in [3.63, 3.8) is 0 Å². The van der Waals surface area contributed by atoms with Gasteiger partial charge in [-0.25, -0.2) is 0 Å². The molecular formula is C14H22N2O2. The number of rotatable bonds is 1. The van der Waals surface area contributed by atoms with Crippen molar-refractivity contribution >= 4 is 11.8 Å². The van der Waals surface area contributed by atoms with Gasteiger partial charge in [-0.3, -0.25) is 9.59 Å². The Hall–Kier alpha value is -1.06. The van der Waals surface area contributed by atoms with E-state index < -0.39 is 5.54 Å². The van der Waals surface area contributed by atoms with Gasteiger partial charge in [0, 0.05) is 6.04 Å². The third-order valence-electron chi connectivity index (χ3n) is 4.92. The van der Waals surface area contributed by atoms with E-state index in [1.54, 1.807) is 0 Å². The zero-order valence-corrected chi connectivity index (χ0v) is 10.9. The summed E-state index contributed by atoms with van der Waals surface area (Å²) < 4.78 is 0. The smallest absolute Gasteiger partial charge is 0.246 e. The van der Waals surface area contributed by atoms with E-state index in [0.717, 1.165) is 38.5 Å². The summed E-state index contributed by atoms with van der Waals surface area (Å²) in [5.41, 5.74) is -0.497. The Balaban J connectivity index is 1.93. The molecule has 3 fully saturated rings. The van der Waals surface area contributed by atoms with Crippen LogP contribution in [0.15, 0.2) is 0 Å². The molecule has 2 aliphatic carbocycles. The molecule has 0 bridgehead atoms. The molecule has 0 atom stereocenters. The molecule has 0 aromatic carbocycles. The maximum Gasteiger partial charge on any atom is 0.246 e. The number of amides is 2. The van der Waals surface area contributed by atoms with E-state index >= 15 is 0 Å². The summed E-state index contributed by atoms with van der Waals surface area (Å²) in [5, 5.41) is 2.82. The van der Waals surface area contributed by atoms with Gasteiger partial charge < -0.3 is 10.2 Å². The fourth-order valence-electron chi connectivity index (χ4n) is 4.07. The third-order valence-corrected chi connectivity index (χ3v) is 4.92. The van der Waals surface area contributed by atoms with Crippen LogP contribution in [-0.4, -0.2) is 34.8 Å². The van der Waals surface area contributed by atoms with Crippen LogP contribution in [0.1, 0.15) is 57.8 Å². The van der Waals surface area contributed by atoms with Gasteiger partial charge in [-0.05, 0) is 25.7 Å². The lowest BCUT2D eigenvalue weighted by Crippen LogP contribution is -2.69. The summed E-state index contributed by atoms with van der Waals surface area (Å²) in [6, 6.07) is 0.321. The Morgan fingerprint density at radius 3 is 2.33 bits per heavy atom. The van der Waals surface area contributed by atoms with E-state index in [1.165, 1.54) is 19.3 Å². The predicted molar refractivity (Wildman–Crippen MR) is 67.9 cm³/mol. The molecule has 2 amide bonds. The van der Waals surface area contributed by atoms with Crippen molar-refractivity contribution in [1.82, 2.24) is 10.2 Å². The SMILES string of the molecule is O=C1CNC(=O)C2(CCCCC2)N1C1CCCC1. The molecule has 1 heterocycles. The van der Waals surface area contributed by atoms with Gasteiger partial charge in [-0.1, -0.05) is 32.1 Å². The lowest BCUT2D eigenvalue weighted by Gasteiger charge is -2.50. The highest BCUT2D eigenvalue weighted by molar-refractivity contribution is 5.98. The van der Waals surface area contributed by atoms with E-state index in [4.69, 9.17) is 0 Å². The van der Waals surface area contributed by atoms with Crippen molar-refractivity contribution < 1.29 is 9.59 Å². The lowest BCUT2D eigenvalue weighted by atomic mass is 9.77. The van der Waals surface area contributed by atoms with Crippen molar-refractivity contribution in [3.05, 3.63) is 0 Å². The van der Waals surface area contributed by atoms with E-state index in [-0.39, 0.29) is 18.4 Å². The first-order chi connectivity index (χ1) is 8.74. The average Bonchev–Trinajstić information content (AvgIpc) is 2.89. The molecule has 1 N–H and O–H groups in total. The van der Waals surface area contributed by atoms with Gasteiger partial charge in [0.25, 0.3) is 0 Å². The predicted octanol–water partition coefficient (Wildman–Crippen LogP) is 1.59. The van der Waals surface area contributed by atoms with Crippen molar-refractivity contribution in [2.24, 2.45) is 0 Å². The van der Waals surface area contributed by atoms with Crippen LogP contribution in [0, 0.1) is 0 Å². The first-order valence-corrected chi connectivity index (χ1v) is 7.34. The highest BCUT2D eigenvalue weighted by Crippen LogP contribution is 2.40. The summed E-state index contributed by atoms with van der Waals surface area (Å²) in [7, 11) is 0. The van der Waals surface area contributed by atoms with Gasteiger partial charge in [-0.2, -0.15) is 0 Å². The van der Waals surface area contributed by atoms with Crippen molar-refractivity contribution in [3.8, 4) is 0 Å². The Kier molecular flexibility index (Phi) is 3.04. The quantitative estimate of drug-likeness (QED) is 0.768.